The first kappa shape index (κ1) is 12.4. The van der Waals surface area contributed by atoms with E-state index in [4.69, 9.17) is 10.4 Å². The highest BCUT2D eigenvalue weighted by Crippen LogP contribution is 2.27. The Bertz CT molecular complexity index is 301. The van der Waals surface area contributed by atoms with Gasteiger partial charge in [-0.1, -0.05) is 12.2 Å². The van der Waals surface area contributed by atoms with Gasteiger partial charge in [-0.05, 0) is 20.3 Å². The van der Waals surface area contributed by atoms with Crippen LogP contribution in [-0.2, 0) is 9.59 Å². The molecule has 0 bridgehead atoms. The Labute approximate surface area is 82.8 Å². The Morgan fingerprint density at radius 2 is 2.14 bits per heavy atom. The van der Waals surface area contributed by atoms with Crippen molar-refractivity contribution in [1.82, 2.24) is 0 Å². The summed E-state index contributed by atoms with van der Waals surface area (Å²) in [5.41, 5.74) is -1.60. The number of allylic oxidation sites excluding steroid dienone is 2. The van der Waals surface area contributed by atoms with E-state index in [0.717, 1.165) is 0 Å². The number of hydrogen-bond acceptors (Lipinski definition) is 3. The predicted octanol–water partition coefficient (Wildman–Crippen LogP) is 1.53. The first-order valence-electron chi connectivity index (χ1n) is 4.24. The monoisotopic (exact) mass is 195 g/mol. The summed E-state index contributed by atoms with van der Waals surface area (Å²) in [6.45, 7) is 3.02. The summed E-state index contributed by atoms with van der Waals surface area (Å²) in [5, 5.41) is 17.7. The van der Waals surface area contributed by atoms with Gasteiger partial charge in [-0.2, -0.15) is 5.26 Å². The third kappa shape index (κ3) is 3.02. The van der Waals surface area contributed by atoms with Crippen molar-refractivity contribution in [3.8, 4) is 6.07 Å². The largest absolute Gasteiger partial charge is 0.480 e. The average Bonchev–Trinajstić information content (AvgIpc) is 2.11. The molecule has 4 heteroatoms. The fraction of sp³-hybridized carbons (Fsp3) is 0.500. The molecule has 0 heterocycles. The van der Waals surface area contributed by atoms with Crippen molar-refractivity contribution in [2.75, 3.05) is 0 Å². The van der Waals surface area contributed by atoms with Crippen LogP contribution in [-0.4, -0.2) is 16.9 Å². The maximum absolute atomic E-state index is 10.9. The van der Waals surface area contributed by atoms with E-state index in [1.165, 1.54) is 6.92 Å². The van der Waals surface area contributed by atoms with Gasteiger partial charge >= 0.3 is 5.97 Å². The molecule has 0 aliphatic heterocycles. The quantitative estimate of drug-likeness (QED) is 0.674. The fourth-order valence-electron chi connectivity index (χ4n) is 1.11. The van der Waals surface area contributed by atoms with Crippen molar-refractivity contribution in [2.24, 2.45) is 5.41 Å². The molecule has 0 spiro atoms. The zero-order valence-corrected chi connectivity index (χ0v) is 8.28. The van der Waals surface area contributed by atoms with Crippen LogP contribution < -0.4 is 0 Å². The molecule has 14 heavy (non-hydrogen) atoms. The van der Waals surface area contributed by atoms with Gasteiger partial charge in [-0.15, -0.1) is 0 Å². The van der Waals surface area contributed by atoms with Crippen LogP contribution in [0.15, 0.2) is 12.2 Å². The van der Waals surface area contributed by atoms with Crippen molar-refractivity contribution in [3.05, 3.63) is 12.2 Å². The van der Waals surface area contributed by atoms with Gasteiger partial charge in [0.1, 0.15) is 5.78 Å². The lowest BCUT2D eigenvalue weighted by atomic mass is 9.81. The maximum atomic E-state index is 10.9. The number of aliphatic carboxylic acids is 1. The summed E-state index contributed by atoms with van der Waals surface area (Å²) in [4.78, 5) is 21.7. The molecule has 0 fully saturated rings. The first-order valence-corrected chi connectivity index (χ1v) is 4.24. The minimum atomic E-state index is -1.60. The van der Waals surface area contributed by atoms with Gasteiger partial charge in [0.05, 0.1) is 6.07 Å². The number of Topliss-reactive ketones (excluding diaryl/α,β-unsaturated/α-hetero) is 1. The molecule has 0 amide bonds. The van der Waals surface area contributed by atoms with E-state index in [0.29, 0.717) is 0 Å². The standard InChI is InChI=1S/C10H13NO3/c1-3-4-5-10(7-11,9(13)14)6-8(2)12/h3-4H,5-6H2,1-2H3,(H,13,14)/b4-3+/t10-/m0/s1. The van der Waals surface area contributed by atoms with Gasteiger partial charge in [0.15, 0.2) is 5.41 Å². The molecule has 0 unspecified atom stereocenters. The SMILES string of the molecule is C/C=C/C[C@@](C#N)(CC(C)=O)C(=O)O. The Morgan fingerprint density at radius 3 is 2.43 bits per heavy atom. The second-order valence-corrected chi connectivity index (χ2v) is 3.15. The third-order valence-corrected chi connectivity index (χ3v) is 1.88. The molecule has 0 aliphatic rings. The highest BCUT2D eigenvalue weighted by atomic mass is 16.4. The Balaban J connectivity index is 4.90. The molecule has 0 aromatic heterocycles. The summed E-state index contributed by atoms with van der Waals surface area (Å²) in [5.74, 6) is -1.54. The summed E-state index contributed by atoms with van der Waals surface area (Å²) in [6, 6.07) is 1.71. The van der Waals surface area contributed by atoms with Crippen LogP contribution in [0.3, 0.4) is 0 Å². The fourth-order valence-corrected chi connectivity index (χ4v) is 1.11. The van der Waals surface area contributed by atoms with E-state index in [1.807, 2.05) is 0 Å². The number of rotatable bonds is 5. The number of nitriles is 1. The zero-order valence-electron chi connectivity index (χ0n) is 8.28. The molecule has 1 atom stereocenters. The molecule has 0 radical (unpaired) electrons. The number of carboxylic acids is 1. The minimum Gasteiger partial charge on any atom is -0.480 e. The summed E-state index contributed by atoms with van der Waals surface area (Å²) >= 11 is 0. The van der Waals surface area contributed by atoms with Gasteiger partial charge in [0.2, 0.25) is 0 Å². The van der Waals surface area contributed by atoms with Crippen LogP contribution in [0.2, 0.25) is 0 Å². The predicted molar refractivity (Wildman–Crippen MR) is 50.4 cm³/mol. The second kappa shape index (κ2) is 5.18. The van der Waals surface area contributed by atoms with Crippen molar-refractivity contribution < 1.29 is 14.7 Å². The van der Waals surface area contributed by atoms with Crippen molar-refractivity contribution in [2.45, 2.75) is 26.7 Å². The average molecular weight is 195 g/mol. The number of nitrogens with zero attached hydrogens (tertiary/aromatic N) is 1. The van der Waals surface area contributed by atoms with E-state index in [1.54, 1.807) is 25.1 Å². The van der Waals surface area contributed by atoms with Crippen molar-refractivity contribution in [1.29, 1.82) is 5.26 Å². The molecule has 1 N–H and O–H groups in total. The highest BCUT2D eigenvalue weighted by molar-refractivity contribution is 5.87. The van der Waals surface area contributed by atoms with E-state index in [-0.39, 0.29) is 18.6 Å². The molecule has 0 saturated carbocycles. The van der Waals surface area contributed by atoms with Crippen molar-refractivity contribution in [3.63, 3.8) is 0 Å². The lowest BCUT2D eigenvalue weighted by Crippen LogP contribution is -2.31. The molecular formula is C10H13NO3. The van der Waals surface area contributed by atoms with Crippen LogP contribution >= 0.6 is 0 Å². The third-order valence-electron chi connectivity index (χ3n) is 1.88. The first-order chi connectivity index (χ1) is 6.48. The Kier molecular flexibility index (Phi) is 4.57. The Morgan fingerprint density at radius 1 is 1.57 bits per heavy atom. The van der Waals surface area contributed by atoms with Crippen LogP contribution in [0.1, 0.15) is 26.7 Å². The minimum absolute atomic E-state index is 0.0644. The van der Waals surface area contributed by atoms with Crippen LogP contribution in [0, 0.1) is 16.7 Å². The van der Waals surface area contributed by atoms with Crippen LogP contribution in [0.25, 0.3) is 0 Å². The van der Waals surface area contributed by atoms with Gasteiger partial charge in [-0.3, -0.25) is 9.59 Å². The molecule has 76 valence electrons. The molecule has 0 rings (SSSR count). The molecule has 0 aromatic rings. The van der Waals surface area contributed by atoms with E-state index in [9.17, 15) is 9.59 Å². The normalized spacial score (nSPS) is 14.6. The number of carboxylic acid groups (broad SMARTS) is 1. The molecule has 0 saturated heterocycles. The van der Waals surface area contributed by atoms with Crippen LogP contribution in [0.5, 0.6) is 0 Å². The van der Waals surface area contributed by atoms with Crippen LogP contribution in [0.4, 0.5) is 0 Å². The molecule has 4 nitrogen and oxygen atoms in total. The summed E-state index contributed by atoms with van der Waals surface area (Å²) in [6.07, 6.45) is 3.06. The van der Waals surface area contributed by atoms with Gasteiger partial charge in [0.25, 0.3) is 0 Å². The lowest BCUT2D eigenvalue weighted by Gasteiger charge is -2.17. The van der Waals surface area contributed by atoms with Gasteiger partial charge < -0.3 is 5.11 Å². The number of ketones is 1. The number of carbonyl (C=O) groups excluding carboxylic acids is 1. The second-order valence-electron chi connectivity index (χ2n) is 3.15. The maximum Gasteiger partial charge on any atom is 0.324 e. The van der Waals surface area contributed by atoms with E-state index >= 15 is 0 Å². The van der Waals surface area contributed by atoms with E-state index in [2.05, 4.69) is 0 Å². The smallest absolute Gasteiger partial charge is 0.324 e. The van der Waals surface area contributed by atoms with E-state index < -0.39 is 11.4 Å². The van der Waals surface area contributed by atoms with Gasteiger partial charge in [0, 0.05) is 6.42 Å². The van der Waals surface area contributed by atoms with Gasteiger partial charge in [-0.25, -0.2) is 0 Å². The topological polar surface area (TPSA) is 78.2 Å². The highest BCUT2D eigenvalue weighted by Gasteiger charge is 2.38. The summed E-state index contributed by atoms with van der Waals surface area (Å²) in [7, 11) is 0. The zero-order chi connectivity index (χ0) is 11.2. The molecule has 0 aromatic carbocycles. The molecular weight excluding hydrogens is 182 g/mol. The number of carbonyl (C=O) groups is 2. The van der Waals surface area contributed by atoms with Crippen molar-refractivity contribution >= 4 is 11.8 Å². The summed E-state index contributed by atoms with van der Waals surface area (Å²) < 4.78 is 0. The number of hydrogen-bond donors (Lipinski definition) is 1. The Hall–Kier alpha value is -1.63. The lowest BCUT2D eigenvalue weighted by molar-refractivity contribution is -0.147. The molecule has 0 aliphatic carbocycles.